The molecule has 1 spiro atoms. The van der Waals surface area contributed by atoms with Gasteiger partial charge in [-0.3, -0.25) is 9.36 Å². The van der Waals surface area contributed by atoms with Crippen LogP contribution in [0.2, 0.25) is 0 Å². The van der Waals surface area contributed by atoms with E-state index in [-0.39, 0.29) is 34.1 Å². The first-order valence-corrected chi connectivity index (χ1v) is 16.2. The maximum Gasteiger partial charge on any atom is 0.357 e. The summed E-state index contributed by atoms with van der Waals surface area (Å²) in [6, 6.07) is 6.80. The van der Waals surface area contributed by atoms with Gasteiger partial charge in [-0.25, -0.2) is 18.5 Å². The van der Waals surface area contributed by atoms with Crippen LogP contribution >= 0.6 is 0 Å². The van der Waals surface area contributed by atoms with E-state index in [1.54, 1.807) is 0 Å². The predicted molar refractivity (Wildman–Crippen MR) is 158 cm³/mol. The highest BCUT2D eigenvalue weighted by atomic mass is 19.1. The molecule has 2 amide bonds. The van der Waals surface area contributed by atoms with Crippen molar-refractivity contribution in [3.8, 4) is 0 Å². The quantitative estimate of drug-likeness (QED) is 0.367. The zero-order valence-corrected chi connectivity index (χ0v) is 24.4. The Morgan fingerprint density at radius 3 is 2.40 bits per heavy atom. The zero-order chi connectivity index (χ0) is 29.2. The van der Waals surface area contributed by atoms with Crippen molar-refractivity contribution < 1.29 is 23.5 Å². The molecule has 8 nitrogen and oxygen atoms in total. The van der Waals surface area contributed by atoms with Crippen molar-refractivity contribution in [2.75, 3.05) is 13.2 Å². The van der Waals surface area contributed by atoms with Crippen molar-refractivity contribution in [3.05, 3.63) is 30.0 Å². The van der Waals surface area contributed by atoms with E-state index in [2.05, 4.69) is 0 Å². The van der Waals surface area contributed by atoms with Gasteiger partial charge >= 0.3 is 11.9 Å². The molecule has 7 rings (SSSR count). The number of aromatic nitrogens is 1. The molecular weight excluding hydrogens is 535 g/mol. The Labute approximate surface area is 246 Å². The summed E-state index contributed by atoms with van der Waals surface area (Å²) in [4.78, 5) is 41.2. The van der Waals surface area contributed by atoms with Crippen molar-refractivity contribution in [1.29, 1.82) is 0 Å². The number of esters is 1. The molecule has 3 saturated carbocycles. The van der Waals surface area contributed by atoms with E-state index in [4.69, 9.17) is 16.2 Å². The van der Waals surface area contributed by atoms with Crippen LogP contribution in [0.3, 0.4) is 0 Å². The number of halogens is 1. The SMILES string of the molecule is NC(=O)[C@@H]1[C@H](C2CCCCC2)CC[N+]1(C(=O)C1CCC([C@H](N)CF)CC1)c1ccc2c(c1)cc1n2C2(CCC2)OC1=O. The van der Waals surface area contributed by atoms with E-state index >= 15 is 0 Å². The molecule has 42 heavy (non-hydrogen) atoms. The van der Waals surface area contributed by atoms with Crippen LogP contribution in [0, 0.1) is 23.7 Å². The lowest BCUT2D eigenvalue weighted by Gasteiger charge is -2.42. The van der Waals surface area contributed by atoms with Gasteiger partial charge in [-0.15, -0.1) is 0 Å². The Balaban J connectivity index is 1.31. The van der Waals surface area contributed by atoms with Crippen molar-refractivity contribution in [2.45, 2.75) is 101 Å². The first-order chi connectivity index (χ1) is 20.3. The third-order valence-electron chi connectivity index (χ3n) is 11.8. The van der Waals surface area contributed by atoms with Crippen LogP contribution < -0.4 is 16.0 Å². The summed E-state index contributed by atoms with van der Waals surface area (Å²) in [6.45, 7) is -0.00481. The molecule has 4 atom stereocenters. The van der Waals surface area contributed by atoms with Crippen LogP contribution in [0.4, 0.5) is 10.1 Å². The smallest absolute Gasteiger partial charge is 0.357 e. The minimum absolute atomic E-state index is 0.0486. The van der Waals surface area contributed by atoms with E-state index < -0.39 is 30.4 Å². The minimum atomic E-state index is -0.624. The number of rotatable bonds is 6. The second-order valence-electron chi connectivity index (χ2n) is 13.9. The van der Waals surface area contributed by atoms with Gasteiger partial charge in [0.05, 0.1) is 18.0 Å². The number of fused-ring (bicyclic) bond motifs is 4. The molecule has 0 radical (unpaired) electrons. The average Bonchev–Trinajstić information content (AvgIpc) is 3.67. The number of primary amides is 1. The van der Waals surface area contributed by atoms with Crippen molar-refractivity contribution >= 4 is 34.4 Å². The molecule has 1 aromatic heterocycles. The van der Waals surface area contributed by atoms with Crippen LogP contribution in [-0.4, -0.2) is 47.7 Å². The number of carbonyl (C=O) groups is 3. The van der Waals surface area contributed by atoms with E-state index in [0.717, 1.165) is 68.0 Å². The van der Waals surface area contributed by atoms with Crippen molar-refractivity contribution in [1.82, 2.24) is 9.05 Å². The number of hydrogen-bond donors (Lipinski definition) is 2. The number of hydrogen-bond acceptors (Lipinski definition) is 5. The van der Waals surface area contributed by atoms with Gasteiger partial charge in [0.15, 0.2) is 11.8 Å². The molecule has 4 fully saturated rings. The zero-order valence-electron chi connectivity index (χ0n) is 24.4. The first kappa shape index (κ1) is 28.0. The number of nitrogens with two attached hydrogens (primary N) is 2. The van der Waals surface area contributed by atoms with E-state index in [1.807, 2.05) is 28.8 Å². The molecule has 5 aliphatic rings. The highest BCUT2D eigenvalue weighted by Gasteiger charge is 2.61. The molecule has 3 aliphatic carbocycles. The van der Waals surface area contributed by atoms with E-state index in [9.17, 15) is 18.8 Å². The normalized spacial score (nSPS) is 33.3. The van der Waals surface area contributed by atoms with Gasteiger partial charge in [-0.1, -0.05) is 19.3 Å². The summed E-state index contributed by atoms with van der Waals surface area (Å²) in [5.74, 6) is -0.353. The van der Waals surface area contributed by atoms with Crippen LogP contribution in [-0.2, 0) is 20.1 Å². The lowest BCUT2D eigenvalue weighted by molar-refractivity contribution is -0.142. The fourth-order valence-electron chi connectivity index (χ4n) is 9.49. The molecule has 4 N–H and O–H groups in total. The predicted octanol–water partition coefficient (Wildman–Crippen LogP) is 5.04. The second-order valence-corrected chi connectivity index (χ2v) is 13.9. The number of carbonyl (C=O) groups excluding carboxylic acids is 3. The third kappa shape index (κ3) is 4.09. The molecule has 1 unspecified atom stereocenters. The summed E-state index contributed by atoms with van der Waals surface area (Å²) >= 11 is 0. The van der Waals surface area contributed by atoms with Crippen LogP contribution in [0.5, 0.6) is 0 Å². The molecule has 2 aliphatic heterocycles. The van der Waals surface area contributed by atoms with Crippen LogP contribution in [0.25, 0.3) is 10.9 Å². The van der Waals surface area contributed by atoms with E-state index in [0.29, 0.717) is 43.8 Å². The number of alkyl halides is 1. The number of nitrogens with zero attached hydrogens (tertiary/aromatic N) is 2. The molecule has 1 aromatic carbocycles. The molecule has 9 heteroatoms. The fourth-order valence-corrected chi connectivity index (χ4v) is 9.49. The Kier molecular flexibility index (Phi) is 6.96. The Bertz CT molecular complexity index is 1400. The van der Waals surface area contributed by atoms with Gasteiger partial charge in [-0.2, -0.15) is 0 Å². The highest BCUT2D eigenvalue weighted by Crippen LogP contribution is 2.51. The van der Waals surface area contributed by atoms with Gasteiger partial charge in [0, 0.05) is 48.7 Å². The standard InChI is InChI=1S/C33H43FN4O4/c34-19-26(35)21-7-9-22(10-8-21)31(40)38(16-13-25(29(38)30(36)39)20-5-2-1-3-6-20)24-11-12-27-23(17-24)18-28-32(41)42-33(37(27)28)14-4-15-33/h11-12,17-18,20-22,25-26,29H,1-10,13-16,19,35H2,(H-,36,39)/p+1/t21?,22?,25-,26+,29-,38?/m0/s1. The Morgan fingerprint density at radius 1 is 1.02 bits per heavy atom. The number of benzene rings is 1. The van der Waals surface area contributed by atoms with Crippen molar-refractivity contribution in [2.24, 2.45) is 35.1 Å². The molecular formula is C33H44FN4O4+. The number of quaternary nitrogens is 1. The summed E-state index contributed by atoms with van der Waals surface area (Å²) < 4.78 is 21.1. The molecule has 3 heterocycles. The maximum absolute atomic E-state index is 14.9. The number of ether oxygens (including phenoxy) is 1. The van der Waals surface area contributed by atoms with Gasteiger partial charge in [0.2, 0.25) is 0 Å². The molecule has 0 bridgehead atoms. The highest BCUT2D eigenvalue weighted by molar-refractivity contribution is 6.02. The number of likely N-dealkylation sites (tertiary alicyclic amines) is 1. The largest absolute Gasteiger partial charge is 0.434 e. The average molecular weight is 580 g/mol. The van der Waals surface area contributed by atoms with Crippen molar-refractivity contribution in [3.63, 3.8) is 0 Å². The minimum Gasteiger partial charge on any atom is -0.434 e. The summed E-state index contributed by atoms with van der Waals surface area (Å²) in [7, 11) is 0. The molecule has 2 aromatic rings. The topological polar surface area (TPSA) is 117 Å². The van der Waals surface area contributed by atoms with E-state index in [1.165, 1.54) is 6.42 Å². The van der Waals surface area contributed by atoms with Crippen LogP contribution in [0.1, 0.15) is 94.0 Å². The lowest BCUT2D eigenvalue weighted by atomic mass is 9.75. The lowest BCUT2D eigenvalue weighted by Crippen LogP contribution is -2.65. The molecule has 226 valence electrons. The summed E-state index contributed by atoms with van der Waals surface area (Å²) in [5, 5.41) is 0.887. The number of amides is 2. The monoisotopic (exact) mass is 579 g/mol. The van der Waals surface area contributed by atoms with Gasteiger partial charge in [0.25, 0.3) is 5.91 Å². The Hall–Kier alpha value is -2.78. The second kappa shape index (κ2) is 10.4. The van der Waals surface area contributed by atoms with Crippen LogP contribution in [0.15, 0.2) is 24.3 Å². The van der Waals surface area contributed by atoms with Gasteiger partial charge < -0.3 is 16.2 Å². The maximum atomic E-state index is 14.9. The third-order valence-corrected chi connectivity index (χ3v) is 11.8. The fraction of sp³-hybridized carbons (Fsp3) is 0.667. The summed E-state index contributed by atoms with van der Waals surface area (Å²) in [5.41, 5.74) is 14.0. The van der Waals surface area contributed by atoms with Gasteiger partial charge in [0.1, 0.15) is 18.1 Å². The Morgan fingerprint density at radius 2 is 1.76 bits per heavy atom. The molecule has 1 saturated heterocycles. The summed E-state index contributed by atoms with van der Waals surface area (Å²) in [6.07, 6.45) is 11.8. The van der Waals surface area contributed by atoms with Gasteiger partial charge in [-0.05, 0) is 68.9 Å². The first-order valence-electron chi connectivity index (χ1n) is 16.2.